The van der Waals surface area contributed by atoms with Crippen molar-refractivity contribution in [2.24, 2.45) is 0 Å². The second kappa shape index (κ2) is 5.44. The molecule has 1 nitrogen and oxygen atoms in total. The summed E-state index contributed by atoms with van der Waals surface area (Å²) in [4.78, 5) is 0. The molecule has 1 aromatic rings. The van der Waals surface area contributed by atoms with Gasteiger partial charge in [0.2, 0.25) is 0 Å². The predicted molar refractivity (Wildman–Crippen MR) is 67.3 cm³/mol. The van der Waals surface area contributed by atoms with Gasteiger partial charge in [0.1, 0.15) is 0 Å². The molecule has 1 heterocycles. The van der Waals surface area contributed by atoms with Crippen LogP contribution in [-0.2, 0) is 9.96 Å². The number of benzene rings is 1. The molecule has 2 rings (SSSR count). The topological polar surface area (TPSA) is 9.23 Å². The number of hydrogen-bond acceptors (Lipinski definition) is 1. The lowest BCUT2D eigenvalue weighted by Crippen LogP contribution is -2.41. The van der Waals surface area contributed by atoms with Crippen LogP contribution >= 0.6 is 0 Å². The van der Waals surface area contributed by atoms with E-state index >= 15 is 0 Å². The zero-order valence-electron chi connectivity index (χ0n) is 10.2. The molecule has 0 saturated carbocycles. The molecule has 18 heavy (non-hydrogen) atoms. The smallest absolute Gasteiger partial charge is 0.375 e. The number of alkyl halides is 3. The number of ether oxygens (including phenoxy) is 1. The van der Waals surface area contributed by atoms with Crippen LogP contribution in [-0.4, -0.2) is 22.3 Å². The van der Waals surface area contributed by atoms with Gasteiger partial charge >= 0.3 is 6.18 Å². The first-order valence-electron chi connectivity index (χ1n) is 6.28. The highest BCUT2D eigenvalue weighted by molar-refractivity contribution is 6.39. The summed E-state index contributed by atoms with van der Waals surface area (Å²) in [6.07, 6.45) is -1.41. The monoisotopic (exact) mass is 274 g/mol. The maximum Gasteiger partial charge on any atom is 0.386 e. The van der Waals surface area contributed by atoms with E-state index in [1.807, 2.05) is 30.3 Å². The lowest BCUT2D eigenvalue weighted by atomic mass is 10.0. The number of hydrogen-bond donors (Lipinski definition) is 0. The van der Waals surface area contributed by atoms with Crippen LogP contribution in [0, 0.1) is 0 Å². The van der Waals surface area contributed by atoms with E-state index in [0.29, 0.717) is 6.61 Å². The van der Waals surface area contributed by atoms with E-state index < -0.39 is 27.0 Å². The van der Waals surface area contributed by atoms with Crippen LogP contribution in [0.4, 0.5) is 13.2 Å². The van der Waals surface area contributed by atoms with Gasteiger partial charge in [-0.3, -0.25) is 0 Å². The minimum absolute atomic E-state index is 0.583. The molecule has 100 valence electrons. The highest BCUT2D eigenvalue weighted by Crippen LogP contribution is 2.37. The Kier molecular flexibility index (Phi) is 4.12. The summed E-state index contributed by atoms with van der Waals surface area (Å²) < 4.78 is 43.2. The molecule has 1 aliphatic heterocycles. The lowest BCUT2D eigenvalue weighted by Gasteiger charge is -2.38. The maximum absolute atomic E-state index is 12.5. The van der Waals surface area contributed by atoms with Gasteiger partial charge in [0, 0.05) is 12.7 Å². The summed E-state index contributed by atoms with van der Waals surface area (Å²) in [7, 11) is -1.39. The summed E-state index contributed by atoms with van der Waals surface area (Å²) >= 11 is 0. The van der Waals surface area contributed by atoms with E-state index in [1.165, 1.54) is 0 Å². The van der Waals surface area contributed by atoms with Gasteiger partial charge in [-0.15, -0.1) is 0 Å². The van der Waals surface area contributed by atoms with Crippen LogP contribution in [0.2, 0.25) is 6.04 Å². The van der Waals surface area contributed by atoms with E-state index in [9.17, 15) is 13.2 Å². The van der Waals surface area contributed by atoms with Gasteiger partial charge in [-0.25, -0.2) is 0 Å². The van der Waals surface area contributed by atoms with Crippen molar-refractivity contribution >= 4 is 9.52 Å². The Morgan fingerprint density at radius 3 is 2.44 bits per heavy atom. The summed E-state index contributed by atoms with van der Waals surface area (Å²) in [5.74, 6) is 0. The molecule has 1 aromatic carbocycles. The van der Waals surface area contributed by atoms with Crippen molar-refractivity contribution in [3.05, 3.63) is 35.9 Å². The van der Waals surface area contributed by atoms with Gasteiger partial charge in [-0.2, -0.15) is 13.2 Å². The molecule has 0 amide bonds. The van der Waals surface area contributed by atoms with Gasteiger partial charge < -0.3 is 4.74 Å². The van der Waals surface area contributed by atoms with Crippen LogP contribution in [0.25, 0.3) is 0 Å². The lowest BCUT2D eigenvalue weighted by molar-refractivity contribution is -0.112. The molecule has 0 bridgehead atoms. The minimum atomic E-state index is -4.06. The summed E-state index contributed by atoms with van der Waals surface area (Å²) in [6.45, 7) is 0.583. The molecule has 1 atom stereocenters. The van der Waals surface area contributed by atoms with Crippen molar-refractivity contribution in [1.29, 1.82) is 0 Å². The van der Waals surface area contributed by atoms with E-state index in [1.54, 1.807) is 0 Å². The normalized spacial score (nSPS) is 25.7. The fourth-order valence-electron chi connectivity index (χ4n) is 2.51. The molecule has 0 N–H and O–H groups in total. The van der Waals surface area contributed by atoms with Crippen molar-refractivity contribution in [1.82, 2.24) is 0 Å². The van der Waals surface area contributed by atoms with Crippen LogP contribution in [0.3, 0.4) is 0 Å². The second-order valence-corrected chi connectivity index (χ2v) is 6.92. The first-order chi connectivity index (χ1) is 8.52. The Bertz CT molecular complexity index is 372. The standard InChI is InChI=1S/C13H17F3OSi/c14-13(15,16)10-18-12(8-4-5-9-17-12)11-6-2-1-3-7-11/h1-3,6-7H,4-5,8-10,18H2. The molecule has 5 heteroatoms. The SMILES string of the molecule is FC(F)(F)C[SiH2]C1(c2ccccc2)CCCCO1. The quantitative estimate of drug-likeness (QED) is 0.769. The van der Waals surface area contributed by atoms with E-state index in [0.717, 1.165) is 24.8 Å². The summed E-state index contributed by atoms with van der Waals surface area (Å²) in [5.41, 5.74) is 0.931. The largest absolute Gasteiger partial charge is 0.386 e. The molecule has 0 spiro atoms. The summed E-state index contributed by atoms with van der Waals surface area (Å²) in [5, 5.41) is -0.602. The Morgan fingerprint density at radius 2 is 1.89 bits per heavy atom. The highest BCUT2D eigenvalue weighted by atomic mass is 28.2. The third kappa shape index (κ3) is 3.35. The molecular weight excluding hydrogens is 257 g/mol. The van der Waals surface area contributed by atoms with Gasteiger partial charge in [0.25, 0.3) is 0 Å². The minimum Gasteiger partial charge on any atom is -0.375 e. The molecule has 1 fully saturated rings. The Balaban J connectivity index is 2.18. The first kappa shape index (κ1) is 13.6. The molecule has 1 saturated heterocycles. The average Bonchev–Trinajstić information content (AvgIpc) is 2.38. The van der Waals surface area contributed by atoms with Gasteiger partial charge in [0.05, 0.1) is 14.7 Å². The van der Waals surface area contributed by atoms with Crippen molar-refractivity contribution in [3.63, 3.8) is 0 Å². The van der Waals surface area contributed by atoms with Crippen LogP contribution in [0.1, 0.15) is 24.8 Å². The van der Waals surface area contributed by atoms with E-state index in [4.69, 9.17) is 4.74 Å². The van der Waals surface area contributed by atoms with Crippen LogP contribution < -0.4 is 0 Å². The van der Waals surface area contributed by atoms with Crippen molar-refractivity contribution in [3.8, 4) is 0 Å². The fraction of sp³-hybridized carbons (Fsp3) is 0.538. The Labute approximate surface area is 107 Å². The number of rotatable bonds is 3. The van der Waals surface area contributed by atoms with Crippen molar-refractivity contribution in [2.45, 2.75) is 36.7 Å². The zero-order chi connectivity index (χ0) is 13.1. The van der Waals surface area contributed by atoms with Crippen LogP contribution in [0.5, 0.6) is 0 Å². The van der Waals surface area contributed by atoms with Gasteiger partial charge in [-0.05, 0) is 24.8 Å². The third-order valence-corrected chi connectivity index (χ3v) is 6.06. The number of halogens is 3. The molecular formula is C13H17F3OSi. The molecule has 1 aliphatic rings. The average molecular weight is 274 g/mol. The van der Waals surface area contributed by atoms with Gasteiger partial charge in [0.15, 0.2) is 0 Å². The zero-order valence-corrected chi connectivity index (χ0v) is 11.6. The van der Waals surface area contributed by atoms with Gasteiger partial charge in [-0.1, -0.05) is 30.3 Å². The molecule has 0 aromatic heterocycles. The first-order valence-corrected chi connectivity index (χ1v) is 7.99. The summed E-state index contributed by atoms with van der Waals surface area (Å²) in [6, 6.07) is 8.77. The molecule has 1 unspecified atom stereocenters. The molecule has 0 aliphatic carbocycles. The highest BCUT2D eigenvalue weighted by Gasteiger charge is 2.39. The van der Waals surface area contributed by atoms with E-state index in [2.05, 4.69) is 0 Å². The van der Waals surface area contributed by atoms with E-state index in [-0.39, 0.29) is 0 Å². The van der Waals surface area contributed by atoms with Crippen LogP contribution in [0.15, 0.2) is 30.3 Å². The van der Waals surface area contributed by atoms with Crippen molar-refractivity contribution < 1.29 is 17.9 Å². The third-order valence-electron chi connectivity index (χ3n) is 3.47. The second-order valence-electron chi connectivity index (χ2n) is 4.78. The fourth-order valence-corrected chi connectivity index (χ4v) is 4.51. The maximum atomic E-state index is 12.5. The predicted octanol–water partition coefficient (Wildman–Crippen LogP) is 3.19. The Morgan fingerprint density at radius 1 is 1.17 bits per heavy atom. The molecule has 0 radical (unpaired) electrons. The van der Waals surface area contributed by atoms with Crippen molar-refractivity contribution in [2.75, 3.05) is 6.61 Å². The Hall–Kier alpha value is -0.813.